The molecule has 0 N–H and O–H groups in total. The summed E-state index contributed by atoms with van der Waals surface area (Å²) in [6.07, 6.45) is 5.77. The van der Waals surface area contributed by atoms with Crippen molar-refractivity contribution in [2.75, 3.05) is 7.11 Å². The molecular formula is C16H18N2O4. The minimum absolute atomic E-state index is 0.0338. The van der Waals surface area contributed by atoms with Crippen LogP contribution >= 0.6 is 0 Å². The molecule has 1 aliphatic carbocycles. The zero-order valence-electron chi connectivity index (χ0n) is 12.6. The summed E-state index contributed by atoms with van der Waals surface area (Å²) in [5, 5.41) is 3.99. The van der Waals surface area contributed by atoms with Crippen molar-refractivity contribution >= 4 is 5.97 Å². The molecule has 1 aliphatic rings. The van der Waals surface area contributed by atoms with Crippen LogP contribution in [0.1, 0.15) is 35.4 Å². The Bertz CT molecular complexity index is 653. The Kier molecular flexibility index (Phi) is 4.20. The van der Waals surface area contributed by atoms with Gasteiger partial charge in [-0.2, -0.15) is 0 Å². The predicted molar refractivity (Wildman–Crippen MR) is 78.3 cm³/mol. The van der Waals surface area contributed by atoms with Crippen LogP contribution in [0.5, 0.6) is 0 Å². The maximum Gasteiger partial charge on any atom is 0.344 e. The lowest BCUT2D eigenvalue weighted by molar-refractivity contribution is -0.0207. The van der Waals surface area contributed by atoms with Gasteiger partial charge >= 0.3 is 5.97 Å². The van der Waals surface area contributed by atoms with Gasteiger partial charge in [0.05, 0.1) is 6.10 Å². The molecule has 0 saturated heterocycles. The quantitative estimate of drug-likeness (QED) is 0.808. The van der Waals surface area contributed by atoms with Crippen LogP contribution in [0.2, 0.25) is 0 Å². The first kappa shape index (κ1) is 14.7. The lowest BCUT2D eigenvalue weighted by atomic mass is 10.1. The minimum atomic E-state index is -0.417. The van der Waals surface area contributed by atoms with E-state index in [0.717, 1.165) is 24.8 Å². The van der Waals surface area contributed by atoms with Crippen LogP contribution in [0.15, 0.2) is 29.0 Å². The van der Waals surface area contributed by atoms with Gasteiger partial charge in [0.15, 0.2) is 0 Å². The van der Waals surface area contributed by atoms with E-state index in [0.29, 0.717) is 17.0 Å². The Morgan fingerprint density at radius 2 is 2.00 bits per heavy atom. The Morgan fingerprint density at radius 3 is 2.73 bits per heavy atom. The van der Waals surface area contributed by atoms with E-state index in [4.69, 9.17) is 14.0 Å². The summed E-state index contributed by atoms with van der Waals surface area (Å²) in [5.74, 6) is 0.0308. The van der Waals surface area contributed by atoms with Crippen LogP contribution in [0.3, 0.4) is 0 Å². The second-order valence-corrected chi connectivity index (χ2v) is 5.35. The highest BCUT2D eigenvalue weighted by molar-refractivity contribution is 5.97. The van der Waals surface area contributed by atoms with E-state index in [9.17, 15) is 4.79 Å². The van der Waals surface area contributed by atoms with Crippen LogP contribution in [0.25, 0.3) is 11.3 Å². The number of aromatic nitrogens is 2. The predicted octanol–water partition coefficient (Wildman–Crippen LogP) is 2.77. The largest absolute Gasteiger partial charge is 0.456 e. The summed E-state index contributed by atoms with van der Waals surface area (Å²) in [6.45, 7) is 1.71. The molecule has 2 aromatic heterocycles. The molecule has 116 valence electrons. The summed E-state index contributed by atoms with van der Waals surface area (Å²) in [7, 11) is 1.64. The number of pyridine rings is 1. The third-order valence-corrected chi connectivity index (χ3v) is 3.97. The molecule has 1 fully saturated rings. The Hall–Kier alpha value is -2.21. The normalized spacial score (nSPS) is 21.0. The number of aryl methyl sites for hydroxylation is 1. The summed E-state index contributed by atoms with van der Waals surface area (Å²) in [4.78, 5) is 16.5. The van der Waals surface area contributed by atoms with E-state index in [1.165, 1.54) is 0 Å². The van der Waals surface area contributed by atoms with E-state index in [-0.39, 0.29) is 12.2 Å². The first-order chi connectivity index (χ1) is 10.7. The van der Waals surface area contributed by atoms with Crippen molar-refractivity contribution in [2.45, 2.75) is 38.4 Å². The van der Waals surface area contributed by atoms with Gasteiger partial charge in [-0.15, -0.1) is 0 Å². The van der Waals surface area contributed by atoms with E-state index >= 15 is 0 Å². The van der Waals surface area contributed by atoms with Crippen LogP contribution in [0.4, 0.5) is 0 Å². The van der Waals surface area contributed by atoms with Crippen molar-refractivity contribution in [1.29, 1.82) is 0 Å². The fourth-order valence-electron chi connectivity index (χ4n) is 2.81. The van der Waals surface area contributed by atoms with Crippen LogP contribution in [-0.2, 0) is 9.47 Å². The maximum absolute atomic E-state index is 12.5. The van der Waals surface area contributed by atoms with Crippen molar-refractivity contribution in [3.63, 3.8) is 0 Å². The van der Waals surface area contributed by atoms with E-state index in [1.54, 1.807) is 38.6 Å². The van der Waals surface area contributed by atoms with Gasteiger partial charge in [0.1, 0.15) is 23.1 Å². The first-order valence-corrected chi connectivity index (χ1v) is 7.31. The van der Waals surface area contributed by atoms with Gasteiger partial charge in [-0.3, -0.25) is 4.98 Å². The van der Waals surface area contributed by atoms with Crippen LogP contribution in [-0.4, -0.2) is 35.4 Å². The molecule has 22 heavy (non-hydrogen) atoms. The minimum Gasteiger partial charge on any atom is -0.456 e. The van der Waals surface area contributed by atoms with Gasteiger partial charge in [-0.1, -0.05) is 5.16 Å². The molecule has 0 radical (unpaired) electrons. The van der Waals surface area contributed by atoms with Crippen molar-refractivity contribution in [2.24, 2.45) is 0 Å². The zero-order valence-corrected chi connectivity index (χ0v) is 12.6. The molecule has 6 nitrogen and oxygen atoms in total. The van der Waals surface area contributed by atoms with Gasteiger partial charge in [0.2, 0.25) is 0 Å². The first-order valence-electron chi connectivity index (χ1n) is 7.31. The topological polar surface area (TPSA) is 74.5 Å². The SMILES string of the molecule is CO[C@@H]1CCC[C@@H]1OC(=O)c1c(-c2ccncc2)noc1C. The molecular weight excluding hydrogens is 284 g/mol. The lowest BCUT2D eigenvalue weighted by Crippen LogP contribution is -2.28. The standard InChI is InChI=1S/C16H18N2O4/c1-10-14(15(18-22-10)11-6-8-17-9-7-11)16(19)21-13-5-3-4-12(13)20-2/h6-9,12-13H,3-5H2,1-2H3/t12-,13+/m1/s1. The molecule has 2 aromatic rings. The molecule has 0 bridgehead atoms. The van der Waals surface area contributed by atoms with Gasteiger partial charge in [-0.05, 0) is 38.3 Å². The highest BCUT2D eigenvalue weighted by Crippen LogP contribution is 2.29. The average Bonchev–Trinajstić information content (AvgIpc) is 3.14. The summed E-state index contributed by atoms with van der Waals surface area (Å²) in [6, 6.07) is 3.56. The molecule has 0 amide bonds. The van der Waals surface area contributed by atoms with Gasteiger partial charge in [-0.25, -0.2) is 4.79 Å². The second-order valence-electron chi connectivity index (χ2n) is 5.35. The number of esters is 1. The Labute approximate surface area is 128 Å². The van der Waals surface area contributed by atoms with Gasteiger partial charge in [0, 0.05) is 25.1 Å². The molecule has 0 aliphatic heterocycles. The number of hydrogen-bond acceptors (Lipinski definition) is 6. The molecule has 6 heteroatoms. The van der Waals surface area contributed by atoms with Crippen LogP contribution in [0, 0.1) is 6.92 Å². The van der Waals surface area contributed by atoms with Crippen molar-refractivity contribution in [1.82, 2.24) is 10.1 Å². The molecule has 0 unspecified atom stereocenters. The highest BCUT2D eigenvalue weighted by Gasteiger charge is 2.33. The highest BCUT2D eigenvalue weighted by atomic mass is 16.6. The Morgan fingerprint density at radius 1 is 1.27 bits per heavy atom. The van der Waals surface area contributed by atoms with Crippen molar-refractivity contribution in [3.8, 4) is 11.3 Å². The summed E-state index contributed by atoms with van der Waals surface area (Å²) in [5.41, 5.74) is 1.62. The number of carbonyl (C=O) groups is 1. The third kappa shape index (κ3) is 2.74. The number of rotatable bonds is 4. The number of ether oxygens (including phenoxy) is 2. The molecule has 1 saturated carbocycles. The number of methoxy groups -OCH3 is 1. The van der Waals surface area contributed by atoms with Crippen molar-refractivity contribution in [3.05, 3.63) is 35.9 Å². The van der Waals surface area contributed by atoms with Crippen LogP contribution < -0.4 is 0 Å². The molecule has 0 spiro atoms. The monoisotopic (exact) mass is 302 g/mol. The Balaban J connectivity index is 1.85. The number of nitrogens with zero attached hydrogens (tertiary/aromatic N) is 2. The average molecular weight is 302 g/mol. The second kappa shape index (κ2) is 6.27. The lowest BCUT2D eigenvalue weighted by Gasteiger charge is -2.18. The number of hydrogen-bond donors (Lipinski definition) is 0. The van der Waals surface area contributed by atoms with Gasteiger partial charge < -0.3 is 14.0 Å². The molecule has 0 aromatic carbocycles. The zero-order chi connectivity index (χ0) is 15.5. The maximum atomic E-state index is 12.5. The van der Waals surface area contributed by atoms with E-state index in [2.05, 4.69) is 10.1 Å². The smallest absolute Gasteiger partial charge is 0.344 e. The van der Waals surface area contributed by atoms with Gasteiger partial charge in [0.25, 0.3) is 0 Å². The third-order valence-electron chi connectivity index (χ3n) is 3.97. The fourth-order valence-corrected chi connectivity index (χ4v) is 2.81. The molecule has 2 atom stereocenters. The summed E-state index contributed by atoms with van der Waals surface area (Å²) < 4.78 is 16.2. The van der Waals surface area contributed by atoms with E-state index < -0.39 is 5.97 Å². The number of carbonyl (C=O) groups excluding carboxylic acids is 1. The van der Waals surface area contributed by atoms with E-state index in [1.807, 2.05) is 0 Å². The van der Waals surface area contributed by atoms with Crippen molar-refractivity contribution < 1.29 is 18.8 Å². The summed E-state index contributed by atoms with van der Waals surface area (Å²) >= 11 is 0. The molecule has 3 rings (SSSR count). The fraction of sp³-hybridized carbons (Fsp3) is 0.438. The molecule has 2 heterocycles.